The van der Waals surface area contributed by atoms with E-state index < -0.39 is 35.7 Å². The van der Waals surface area contributed by atoms with Gasteiger partial charge in [0.05, 0.1) is 29.5 Å². The Bertz CT molecular complexity index is 1400. The van der Waals surface area contributed by atoms with Crippen LogP contribution < -0.4 is 16.0 Å². The van der Waals surface area contributed by atoms with Gasteiger partial charge >= 0.3 is 11.9 Å². The quantitative estimate of drug-likeness (QED) is 0.278. The molecule has 0 radical (unpaired) electrons. The van der Waals surface area contributed by atoms with Crippen LogP contribution in [0.4, 0.5) is 0 Å². The van der Waals surface area contributed by atoms with E-state index in [4.69, 9.17) is 4.74 Å². The van der Waals surface area contributed by atoms with Crippen LogP contribution in [0.25, 0.3) is 0 Å². The number of carbonyl (C=O) groups excluding carboxylic acids is 5. The summed E-state index contributed by atoms with van der Waals surface area (Å²) in [6.45, 7) is 1.54. The first kappa shape index (κ1) is 28.9. The highest BCUT2D eigenvalue weighted by Crippen LogP contribution is 2.22. The molecular formula is C27H27N3O8S. The van der Waals surface area contributed by atoms with E-state index >= 15 is 0 Å². The number of esters is 2. The summed E-state index contributed by atoms with van der Waals surface area (Å²) in [5.74, 6) is -2.92. The highest BCUT2D eigenvalue weighted by atomic mass is 32.1. The molecule has 0 aliphatic heterocycles. The molecule has 0 fully saturated rings. The number of carbonyl (C=O) groups is 5. The predicted molar refractivity (Wildman–Crippen MR) is 142 cm³/mol. The lowest BCUT2D eigenvalue weighted by molar-refractivity contribution is -0.142. The number of aryl methyl sites for hydroxylation is 1. The zero-order valence-corrected chi connectivity index (χ0v) is 22.2. The predicted octanol–water partition coefficient (Wildman–Crippen LogP) is 2.18. The first-order valence-electron chi connectivity index (χ1n) is 11.6. The molecule has 3 rings (SSSR count). The minimum Gasteiger partial charge on any atom is -0.508 e. The van der Waals surface area contributed by atoms with Crippen LogP contribution in [0.5, 0.6) is 5.75 Å². The van der Waals surface area contributed by atoms with Crippen molar-refractivity contribution in [1.82, 2.24) is 16.0 Å². The summed E-state index contributed by atoms with van der Waals surface area (Å²) in [7, 11) is 2.37. The van der Waals surface area contributed by atoms with Gasteiger partial charge in [0, 0.05) is 18.7 Å². The monoisotopic (exact) mass is 553 g/mol. The number of benzene rings is 2. The largest absolute Gasteiger partial charge is 0.508 e. The van der Waals surface area contributed by atoms with Crippen molar-refractivity contribution in [3.8, 4) is 5.75 Å². The fourth-order valence-electron chi connectivity index (χ4n) is 3.52. The molecule has 1 heterocycles. The number of rotatable bonds is 10. The van der Waals surface area contributed by atoms with Crippen LogP contribution in [0.1, 0.15) is 51.2 Å². The van der Waals surface area contributed by atoms with Crippen LogP contribution in [0.15, 0.2) is 54.6 Å². The van der Waals surface area contributed by atoms with Crippen molar-refractivity contribution in [2.75, 3.05) is 20.8 Å². The van der Waals surface area contributed by atoms with E-state index in [0.29, 0.717) is 11.1 Å². The second-order valence-electron chi connectivity index (χ2n) is 8.31. The Morgan fingerprint density at radius 2 is 1.59 bits per heavy atom. The molecule has 204 valence electrons. The highest BCUT2D eigenvalue weighted by molar-refractivity contribution is 7.16. The number of phenols is 1. The SMILES string of the molecule is COC(=O)c1cccc(C(=O)NC[C@H](NC(=O)c2sc(C(=O)NCc3cccc(O)c3)cc2C)C(=O)OC)c1. The second kappa shape index (κ2) is 13.2. The molecule has 2 aromatic carbocycles. The third-order valence-corrected chi connectivity index (χ3v) is 6.75. The van der Waals surface area contributed by atoms with E-state index in [1.807, 2.05) is 0 Å². The van der Waals surface area contributed by atoms with Gasteiger partial charge in [0.2, 0.25) is 0 Å². The fraction of sp³-hybridized carbons (Fsp3) is 0.222. The van der Waals surface area contributed by atoms with Crippen molar-refractivity contribution < 1.29 is 38.6 Å². The van der Waals surface area contributed by atoms with Gasteiger partial charge < -0.3 is 30.5 Å². The summed E-state index contributed by atoms with van der Waals surface area (Å²) in [6, 6.07) is 12.6. The van der Waals surface area contributed by atoms with Crippen molar-refractivity contribution in [3.63, 3.8) is 0 Å². The third-order valence-electron chi connectivity index (χ3n) is 5.52. The molecule has 1 atom stereocenters. The number of aromatic hydroxyl groups is 1. The Morgan fingerprint density at radius 3 is 2.28 bits per heavy atom. The lowest BCUT2D eigenvalue weighted by atomic mass is 10.1. The first-order chi connectivity index (χ1) is 18.6. The summed E-state index contributed by atoms with van der Waals surface area (Å²) in [5, 5.41) is 17.4. The van der Waals surface area contributed by atoms with Crippen LogP contribution in [-0.4, -0.2) is 61.6 Å². The van der Waals surface area contributed by atoms with Gasteiger partial charge in [0.25, 0.3) is 17.7 Å². The number of hydrogen-bond donors (Lipinski definition) is 4. The third kappa shape index (κ3) is 7.65. The molecule has 0 unspecified atom stereocenters. The van der Waals surface area contributed by atoms with Gasteiger partial charge in [-0.1, -0.05) is 18.2 Å². The Labute approximate surface area is 228 Å². The molecule has 3 amide bonds. The smallest absolute Gasteiger partial charge is 0.337 e. The summed E-state index contributed by atoms with van der Waals surface area (Å²) in [6.07, 6.45) is 0. The van der Waals surface area contributed by atoms with Gasteiger partial charge in [-0.2, -0.15) is 0 Å². The molecule has 3 aromatic rings. The zero-order chi connectivity index (χ0) is 28.5. The lowest BCUT2D eigenvalue weighted by Crippen LogP contribution is -2.49. The topological polar surface area (TPSA) is 160 Å². The van der Waals surface area contributed by atoms with E-state index in [9.17, 15) is 29.1 Å². The van der Waals surface area contributed by atoms with E-state index in [-0.39, 0.29) is 39.7 Å². The molecular weight excluding hydrogens is 526 g/mol. The number of hydrogen-bond acceptors (Lipinski definition) is 9. The molecule has 0 spiro atoms. The van der Waals surface area contributed by atoms with Crippen LogP contribution in [0, 0.1) is 6.92 Å². The van der Waals surface area contributed by atoms with Crippen LogP contribution in [-0.2, 0) is 20.8 Å². The molecule has 12 heteroatoms. The number of amides is 3. The van der Waals surface area contributed by atoms with Crippen molar-refractivity contribution in [2.24, 2.45) is 0 Å². The molecule has 4 N–H and O–H groups in total. The average molecular weight is 554 g/mol. The van der Waals surface area contributed by atoms with Crippen molar-refractivity contribution in [1.29, 1.82) is 0 Å². The van der Waals surface area contributed by atoms with E-state index in [1.165, 1.54) is 43.5 Å². The summed E-state index contributed by atoms with van der Waals surface area (Å²) in [4.78, 5) is 62.8. The van der Waals surface area contributed by atoms with Gasteiger partial charge in [-0.05, 0) is 54.4 Å². The molecule has 0 saturated heterocycles. The van der Waals surface area contributed by atoms with Crippen LogP contribution in [0.2, 0.25) is 0 Å². The molecule has 11 nitrogen and oxygen atoms in total. The maximum Gasteiger partial charge on any atom is 0.337 e. The minimum atomic E-state index is -1.22. The van der Waals surface area contributed by atoms with Crippen molar-refractivity contribution >= 4 is 41.0 Å². The Kier molecular flexibility index (Phi) is 9.76. The fourth-order valence-corrected chi connectivity index (χ4v) is 4.51. The summed E-state index contributed by atoms with van der Waals surface area (Å²) < 4.78 is 9.42. The molecule has 0 saturated carbocycles. The lowest BCUT2D eigenvalue weighted by Gasteiger charge is -2.17. The standard InChI is InChI=1S/C27H27N3O8S/c1-15-10-21(24(33)28-13-16-6-4-9-19(31)11-16)39-22(15)25(34)30-20(27(36)38-3)14-29-23(32)17-7-5-8-18(12-17)26(35)37-2/h4-12,20,31H,13-14H2,1-3H3,(H,28,33)(H,29,32)(H,30,34)/t20-/m0/s1. The number of methoxy groups -OCH3 is 2. The van der Waals surface area contributed by atoms with E-state index in [1.54, 1.807) is 25.1 Å². The summed E-state index contributed by atoms with van der Waals surface area (Å²) >= 11 is 0.946. The van der Waals surface area contributed by atoms with Crippen molar-refractivity contribution in [2.45, 2.75) is 19.5 Å². The van der Waals surface area contributed by atoms with Gasteiger partial charge in [-0.25, -0.2) is 9.59 Å². The normalized spacial score (nSPS) is 11.2. The second-order valence-corrected chi connectivity index (χ2v) is 9.36. The van der Waals surface area contributed by atoms with Gasteiger partial charge in [0.15, 0.2) is 0 Å². The van der Waals surface area contributed by atoms with E-state index in [2.05, 4.69) is 20.7 Å². The van der Waals surface area contributed by atoms with Crippen LogP contribution >= 0.6 is 11.3 Å². The Morgan fingerprint density at radius 1 is 0.872 bits per heavy atom. The molecule has 0 bridgehead atoms. The van der Waals surface area contributed by atoms with Gasteiger partial charge in [-0.15, -0.1) is 11.3 Å². The number of ether oxygens (including phenoxy) is 2. The van der Waals surface area contributed by atoms with Gasteiger partial charge in [0.1, 0.15) is 11.8 Å². The zero-order valence-electron chi connectivity index (χ0n) is 21.4. The maximum absolute atomic E-state index is 13.0. The molecule has 0 aliphatic carbocycles. The van der Waals surface area contributed by atoms with Crippen molar-refractivity contribution in [3.05, 3.63) is 86.6 Å². The van der Waals surface area contributed by atoms with Gasteiger partial charge in [-0.3, -0.25) is 14.4 Å². The molecule has 0 aliphatic rings. The Balaban J connectivity index is 1.65. The van der Waals surface area contributed by atoms with Crippen LogP contribution in [0.3, 0.4) is 0 Å². The molecule has 1 aromatic heterocycles. The maximum atomic E-state index is 13.0. The van der Waals surface area contributed by atoms with E-state index in [0.717, 1.165) is 18.4 Å². The number of thiophene rings is 1. The minimum absolute atomic E-state index is 0.0822. The average Bonchev–Trinajstić information content (AvgIpc) is 3.34. The Hall–Kier alpha value is -4.71. The summed E-state index contributed by atoms with van der Waals surface area (Å²) in [5.41, 5.74) is 1.56. The number of nitrogens with one attached hydrogen (secondary N) is 3. The highest BCUT2D eigenvalue weighted by Gasteiger charge is 2.26. The number of phenolic OH excluding ortho intramolecular Hbond substituents is 1. The first-order valence-corrected chi connectivity index (χ1v) is 12.5. The molecule has 39 heavy (non-hydrogen) atoms.